The van der Waals surface area contributed by atoms with Gasteiger partial charge in [0.1, 0.15) is 5.75 Å². The lowest BCUT2D eigenvalue weighted by Gasteiger charge is -2.22. The molecule has 0 spiro atoms. The van der Waals surface area contributed by atoms with Gasteiger partial charge in [0.05, 0.1) is 29.9 Å². The van der Waals surface area contributed by atoms with Crippen molar-refractivity contribution in [3.05, 3.63) is 101 Å². The summed E-state index contributed by atoms with van der Waals surface area (Å²) < 4.78 is 5.53. The van der Waals surface area contributed by atoms with Crippen LogP contribution in [0.2, 0.25) is 5.02 Å². The summed E-state index contributed by atoms with van der Waals surface area (Å²) in [6.45, 7) is 0. The van der Waals surface area contributed by atoms with Gasteiger partial charge in [0.15, 0.2) is 0 Å². The predicted octanol–water partition coefficient (Wildman–Crippen LogP) is 5.28. The molecule has 1 aliphatic heterocycles. The maximum atomic E-state index is 13.5. The molecule has 4 aromatic rings. The topological polar surface area (TPSA) is 67.7 Å². The standard InChI is InChI=1S/C25H19ClN4O2/c1-32-24-8-3-2-7-19(24)21-15-23(16-9-10-20-22(14-16)28-12-11-27-20)30(29-21)25(31)17-5-4-6-18(26)13-17/h2-14,23H,15H2,1H3. The number of hydrogen-bond donors (Lipinski definition) is 0. The fraction of sp³-hybridized carbons (Fsp3) is 0.120. The van der Waals surface area contributed by atoms with Crippen molar-refractivity contribution in [2.75, 3.05) is 7.11 Å². The van der Waals surface area contributed by atoms with E-state index >= 15 is 0 Å². The van der Waals surface area contributed by atoms with Crippen LogP contribution in [-0.4, -0.2) is 33.7 Å². The lowest BCUT2D eigenvalue weighted by molar-refractivity contribution is 0.0711. The van der Waals surface area contributed by atoms with E-state index in [0.717, 1.165) is 27.9 Å². The number of nitrogens with zero attached hydrogens (tertiary/aromatic N) is 4. The molecule has 3 aromatic carbocycles. The van der Waals surface area contributed by atoms with E-state index in [1.54, 1.807) is 43.8 Å². The molecule has 1 aromatic heterocycles. The Morgan fingerprint density at radius 1 is 1.00 bits per heavy atom. The first-order valence-electron chi connectivity index (χ1n) is 10.1. The number of hydrazone groups is 1. The second-order valence-electron chi connectivity index (χ2n) is 7.43. The lowest BCUT2D eigenvalue weighted by atomic mass is 9.97. The number of benzene rings is 3. The number of methoxy groups -OCH3 is 1. The van der Waals surface area contributed by atoms with Gasteiger partial charge < -0.3 is 4.74 Å². The SMILES string of the molecule is COc1ccccc1C1=NN(C(=O)c2cccc(Cl)c2)C(c2ccc3nccnc3c2)C1. The summed E-state index contributed by atoms with van der Waals surface area (Å²) in [5.41, 5.74) is 4.62. The molecule has 1 atom stereocenters. The van der Waals surface area contributed by atoms with Gasteiger partial charge in [-0.3, -0.25) is 14.8 Å². The van der Waals surface area contributed by atoms with Crippen LogP contribution in [-0.2, 0) is 0 Å². The summed E-state index contributed by atoms with van der Waals surface area (Å²) in [4.78, 5) is 22.2. The second kappa shape index (κ2) is 8.40. The molecule has 0 bridgehead atoms. The van der Waals surface area contributed by atoms with Gasteiger partial charge in [-0.25, -0.2) is 5.01 Å². The van der Waals surface area contributed by atoms with Crippen LogP contribution in [0.3, 0.4) is 0 Å². The highest BCUT2D eigenvalue weighted by Crippen LogP contribution is 2.36. The number of amides is 1. The highest BCUT2D eigenvalue weighted by molar-refractivity contribution is 6.31. The average Bonchev–Trinajstić information content (AvgIpc) is 3.28. The summed E-state index contributed by atoms with van der Waals surface area (Å²) in [6, 6.07) is 20.1. The van der Waals surface area contributed by atoms with Gasteiger partial charge in [0.25, 0.3) is 5.91 Å². The van der Waals surface area contributed by atoms with E-state index in [-0.39, 0.29) is 11.9 Å². The number of para-hydroxylation sites is 1. The molecule has 32 heavy (non-hydrogen) atoms. The van der Waals surface area contributed by atoms with E-state index in [2.05, 4.69) is 9.97 Å². The van der Waals surface area contributed by atoms with E-state index < -0.39 is 0 Å². The van der Waals surface area contributed by atoms with E-state index in [1.807, 2.05) is 42.5 Å². The van der Waals surface area contributed by atoms with Gasteiger partial charge in [-0.15, -0.1) is 0 Å². The van der Waals surface area contributed by atoms with Crippen molar-refractivity contribution >= 4 is 34.3 Å². The zero-order valence-corrected chi connectivity index (χ0v) is 18.0. The number of ether oxygens (including phenoxy) is 1. The Kier molecular flexibility index (Phi) is 5.29. The zero-order valence-electron chi connectivity index (χ0n) is 17.3. The van der Waals surface area contributed by atoms with Crippen molar-refractivity contribution in [1.82, 2.24) is 15.0 Å². The molecule has 0 saturated heterocycles. The third-order valence-corrected chi connectivity index (χ3v) is 5.72. The molecule has 1 unspecified atom stereocenters. The van der Waals surface area contributed by atoms with Crippen LogP contribution in [0.5, 0.6) is 5.75 Å². The Morgan fingerprint density at radius 2 is 1.81 bits per heavy atom. The Hall–Kier alpha value is -3.77. The molecular formula is C25H19ClN4O2. The van der Waals surface area contributed by atoms with E-state index in [9.17, 15) is 4.79 Å². The molecule has 0 fully saturated rings. The van der Waals surface area contributed by atoms with E-state index in [0.29, 0.717) is 22.8 Å². The molecule has 2 heterocycles. The quantitative estimate of drug-likeness (QED) is 0.431. The normalized spacial score (nSPS) is 15.6. The molecule has 5 rings (SSSR count). The number of fused-ring (bicyclic) bond motifs is 1. The van der Waals surface area contributed by atoms with Crippen molar-refractivity contribution in [2.45, 2.75) is 12.5 Å². The summed E-state index contributed by atoms with van der Waals surface area (Å²) in [5, 5.41) is 6.79. The largest absolute Gasteiger partial charge is 0.496 e. The molecule has 7 heteroatoms. The van der Waals surface area contributed by atoms with Crippen LogP contribution in [0.4, 0.5) is 0 Å². The Morgan fingerprint density at radius 3 is 2.62 bits per heavy atom. The Bertz CT molecular complexity index is 1350. The minimum Gasteiger partial charge on any atom is -0.496 e. The van der Waals surface area contributed by atoms with Crippen LogP contribution < -0.4 is 4.74 Å². The first kappa shape index (κ1) is 20.2. The Balaban J connectivity index is 1.60. The summed E-state index contributed by atoms with van der Waals surface area (Å²) in [6.07, 6.45) is 3.86. The average molecular weight is 443 g/mol. The van der Waals surface area contributed by atoms with Crippen molar-refractivity contribution in [1.29, 1.82) is 0 Å². The predicted molar refractivity (Wildman–Crippen MR) is 124 cm³/mol. The van der Waals surface area contributed by atoms with Gasteiger partial charge in [-0.2, -0.15) is 5.10 Å². The van der Waals surface area contributed by atoms with Crippen molar-refractivity contribution in [3.8, 4) is 5.75 Å². The third kappa shape index (κ3) is 3.69. The van der Waals surface area contributed by atoms with Crippen molar-refractivity contribution in [2.24, 2.45) is 5.10 Å². The molecule has 6 nitrogen and oxygen atoms in total. The van der Waals surface area contributed by atoms with Crippen LogP contribution >= 0.6 is 11.6 Å². The zero-order chi connectivity index (χ0) is 22.1. The van der Waals surface area contributed by atoms with E-state index in [4.69, 9.17) is 21.4 Å². The number of aromatic nitrogens is 2. The number of carbonyl (C=O) groups excluding carboxylic acids is 1. The van der Waals surface area contributed by atoms with Gasteiger partial charge in [-0.05, 0) is 48.0 Å². The molecule has 1 amide bonds. The molecule has 0 aliphatic carbocycles. The first-order chi connectivity index (χ1) is 15.6. The number of hydrogen-bond acceptors (Lipinski definition) is 5. The highest BCUT2D eigenvalue weighted by Gasteiger charge is 2.34. The molecule has 1 aliphatic rings. The van der Waals surface area contributed by atoms with Gasteiger partial charge >= 0.3 is 0 Å². The molecule has 0 N–H and O–H groups in total. The van der Waals surface area contributed by atoms with Crippen LogP contribution in [0, 0.1) is 0 Å². The summed E-state index contributed by atoms with van der Waals surface area (Å²) in [7, 11) is 1.63. The first-order valence-corrected chi connectivity index (χ1v) is 10.5. The maximum Gasteiger partial charge on any atom is 0.274 e. The monoisotopic (exact) mass is 442 g/mol. The summed E-state index contributed by atoms with van der Waals surface area (Å²) >= 11 is 6.14. The Labute approximate surface area is 190 Å². The summed E-state index contributed by atoms with van der Waals surface area (Å²) in [5.74, 6) is 0.494. The van der Waals surface area contributed by atoms with E-state index in [1.165, 1.54) is 5.01 Å². The van der Waals surface area contributed by atoms with Crippen LogP contribution in [0.1, 0.15) is 33.9 Å². The number of rotatable bonds is 4. The fourth-order valence-electron chi connectivity index (χ4n) is 3.94. The lowest BCUT2D eigenvalue weighted by Crippen LogP contribution is -2.27. The van der Waals surface area contributed by atoms with Gasteiger partial charge in [-0.1, -0.05) is 35.9 Å². The van der Waals surface area contributed by atoms with Crippen LogP contribution in [0.15, 0.2) is 84.2 Å². The minimum atomic E-state index is -0.298. The van der Waals surface area contributed by atoms with Crippen molar-refractivity contribution in [3.63, 3.8) is 0 Å². The molecule has 0 saturated carbocycles. The fourth-order valence-corrected chi connectivity index (χ4v) is 4.13. The minimum absolute atomic E-state index is 0.221. The van der Waals surface area contributed by atoms with Gasteiger partial charge in [0.2, 0.25) is 0 Å². The molecule has 158 valence electrons. The van der Waals surface area contributed by atoms with Crippen LogP contribution in [0.25, 0.3) is 11.0 Å². The van der Waals surface area contributed by atoms with Gasteiger partial charge in [0, 0.05) is 35.0 Å². The molecule has 0 radical (unpaired) electrons. The second-order valence-corrected chi connectivity index (χ2v) is 7.87. The smallest absolute Gasteiger partial charge is 0.274 e. The van der Waals surface area contributed by atoms with Crippen molar-refractivity contribution < 1.29 is 9.53 Å². The maximum absolute atomic E-state index is 13.5. The number of carbonyl (C=O) groups is 1. The molecular weight excluding hydrogens is 424 g/mol. The highest BCUT2D eigenvalue weighted by atomic mass is 35.5. The third-order valence-electron chi connectivity index (χ3n) is 5.49. The number of halogens is 1.